The minimum absolute atomic E-state index is 0.0186. The number of carbonyl (C=O) groups excluding carboxylic acids is 2. The average Bonchev–Trinajstić information content (AvgIpc) is 2.94. The van der Waals surface area contributed by atoms with Gasteiger partial charge in [-0.25, -0.2) is 0 Å². The van der Waals surface area contributed by atoms with Crippen LogP contribution in [0.3, 0.4) is 0 Å². The number of aromatic nitrogens is 2. The molecule has 0 saturated carbocycles. The SMILES string of the molecule is Cc1nnsc1C(=O)Nc1ccccc1N1CCNC(=O)C1. The zero-order valence-electron chi connectivity index (χ0n) is 12.0. The molecule has 1 saturated heterocycles. The Hall–Kier alpha value is -2.48. The monoisotopic (exact) mass is 317 g/mol. The molecule has 0 aliphatic carbocycles. The van der Waals surface area contributed by atoms with Crippen molar-refractivity contribution in [2.75, 3.05) is 29.9 Å². The van der Waals surface area contributed by atoms with Gasteiger partial charge in [-0.05, 0) is 30.6 Å². The maximum Gasteiger partial charge on any atom is 0.269 e. The van der Waals surface area contributed by atoms with Gasteiger partial charge in [0.05, 0.1) is 23.6 Å². The molecule has 114 valence electrons. The summed E-state index contributed by atoms with van der Waals surface area (Å²) in [6, 6.07) is 7.45. The highest BCUT2D eigenvalue weighted by Gasteiger charge is 2.20. The number of rotatable bonds is 3. The highest BCUT2D eigenvalue weighted by atomic mass is 32.1. The molecule has 1 fully saturated rings. The van der Waals surface area contributed by atoms with Crippen LogP contribution in [0.1, 0.15) is 15.4 Å². The van der Waals surface area contributed by atoms with Gasteiger partial charge in [-0.3, -0.25) is 9.59 Å². The zero-order chi connectivity index (χ0) is 15.5. The fraction of sp³-hybridized carbons (Fsp3) is 0.286. The van der Waals surface area contributed by atoms with Crippen molar-refractivity contribution in [3.63, 3.8) is 0 Å². The van der Waals surface area contributed by atoms with E-state index in [9.17, 15) is 9.59 Å². The molecule has 1 aromatic heterocycles. The van der Waals surface area contributed by atoms with Crippen molar-refractivity contribution >= 4 is 34.7 Å². The molecule has 3 rings (SSSR count). The third-order valence-electron chi connectivity index (χ3n) is 3.39. The largest absolute Gasteiger partial charge is 0.359 e. The Morgan fingerprint density at radius 3 is 2.95 bits per heavy atom. The van der Waals surface area contributed by atoms with Gasteiger partial charge in [0.25, 0.3) is 5.91 Å². The third kappa shape index (κ3) is 2.91. The first-order valence-corrected chi connectivity index (χ1v) is 7.63. The van der Waals surface area contributed by atoms with Gasteiger partial charge in [-0.1, -0.05) is 16.6 Å². The number of piperazine rings is 1. The average molecular weight is 317 g/mol. The second-order valence-corrected chi connectivity index (χ2v) is 5.68. The zero-order valence-corrected chi connectivity index (χ0v) is 12.8. The lowest BCUT2D eigenvalue weighted by atomic mass is 10.2. The van der Waals surface area contributed by atoms with Crippen LogP contribution in [-0.4, -0.2) is 41.0 Å². The van der Waals surface area contributed by atoms with E-state index in [4.69, 9.17) is 0 Å². The quantitative estimate of drug-likeness (QED) is 0.883. The molecule has 1 aliphatic heterocycles. The van der Waals surface area contributed by atoms with E-state index in [-0.39, 0.29) is 18.4 Å². The van der Waals surface area contributed by atoms with Gasteiger partial charge in [-0.15, -0.1) is 5.10 Å². The first-order chi connectivity index (χ1) is 10.6. The number of benzene rings is 1. The predicted molar refractivity (Wildman–Crippen MR) is 84.3 cm³/mol. The Morgan fingerprint density at radius 1 is 1.41 bits per heavy atom. The summed E-state index contributed by atoms with van der Waals surface area (Å²) in [5.41, 5.74) is 2.12. The molecular weight excluding hydrogens is 302 g/mol. The summed E-state index contributed by atoms with van der Waals surface area (Å²) in [5, 5.41) is 9.52. The molecule has 22 heavy (non-hydrogen) atoms. The molecule has 2 heterocycles. The van der Waals surface area contributed by atoms with Crippen molar-refractivity contribution in [1.82, 2.24) is 14.9 Å². The molecule has 0 unspecified atom stereocenters. The van der Waals surface area contributed by atoms with Gasteiger partial charge in [0.15, 0.2) is 0 Å². The lowest BCUT2D eigenvalue weighted by Crippen LogP contribution is -2.47. The first kappa shape index (κ1) is 14.5. The van der Waals surface area contributed by atoms with Crippen molar-refractivity contribution in [2.24, 2.45) is 0 Å². The van der Waals surface area contributed by atoms with Crippen molar-refractivity contribution in [1.29, 1.82) is 0 Å². The number of amides is 2. The molecule has 8 heteroatoms. The van der Waals surface area contributed by atoms with Crippen LogP contribution in [0.5, 0.6) is 0 Å². The Kier molecular flexibility index (Phi) is 4.01. The summed E-state index contributed by atoms with van der Waals surface area (Å²) in [7, 11) is 0. The van der Waals surface area contributed by atoms with E-state index >= 15 is 0 Å². The third-order valence-corrected chi connectivity index (χ3v) is 4.22. The van der Waals surface area contributed by atoms with Crippen molar-refractivity contribution < 1.29 is 9.59 Å². The van der Waals surface area contributed by atoms with Gasteiger partial charge in [0, 0.05) is 13.1 Å². The molecule has 0 radical (unpaired) electrons. The highest BCUT2D eigenvalue weighted by Crippen LogP contribution is 2.27. The molecule has 0 atom stereocenters. The van der Waals surface area contributed by atoms with Crippen molar-refractivity contribution in [3.8, 4) is 0 Å². The first-order valence-electron chi connectivity index (χ1n) is 6.86. The van der Waals surface area contributed by atoms with Crippen molar-refractivity contribution in [3.05, 3.63) is 34.8 Å². The van der Waals surface area contributed by atoms with Crippen LogP contribution in [-0.2, 0) is 4.79 Å². The number of aryl methyl sites for hydroxylation is 1. The molecule has 7 nitrogen and oxygen atoms in total. The number of anilines is 2. The molecule has 0 spiro atoms. The number of nitrogens with zero attached hydrogens (tertiary/aromatic N) is 3. The molecular formula is C14H15N5O2S. The minimum Gasteiger partial charge on any atom is -0.359 e. The van der Waals surface area contributed by atoms with E-state index in [1.54, 1.807) is 6.92 Å². The van der Waals surface area contributed by atoms with Crippen LogP contribution >= 0.6 is 11.5 Å². The van der Waals surface area contributed by atoms with Crippen LogP contribution in [0.4, 0.5) is 11.4 Å². The molecule has 2 N–H and O–H groups in total. The fourth-order valence-electron chi connectivity index (χ4n) is 2.32. The summed E-state index contributed by atoms with van der Waals surface area (Å²) in [5.74, 6) is -0.253. The smallest absolute Gasteiger partial charge is 0.269 e. The highest BCUT2D eigenvalue weighted by molar-refractivity contribution is 7.08. The van der Waals surface area contributed by atoms with Gasteiger partial charge < -0.3 is 15.5 Å². The number of hydrogen-bond donors (Lipinski definition) is 2. The maximum absolute atomic E-state index is 12.3. The molecule has 0 bridgehead atoms. The summed E-state index contributed by atoms with van der Waals surface area (Å²) in [4.78, 5) is 26.3. The number of carbonyl (C=O) groups is 2. The van der Waals surface area contributed by atoms with E-state index in [0.29, 0.717) is 29.3 Å². The number of hydrogen-bond acceptors (Lipinski definition) is 6. The Balaban J connectivity index is 1.84. The van der Waals surface area contributed by atoms with E-state index in [2.05, 4.69) is 20.2 Å². The summed E-state index contributed by atoms with van der Waals surface area (Å²) >= 11 is 1.07. The Bertz CT molecular complexity index is 715. The Labute approximate surface area is 131 Å². The molecule has 2 aromatic rings. The number of nitrogens with one attached hydrogen (secondary N) is 2. The standard InChI is InChI=1S/C14H15N5O2S/c1-9-13(22-18-17-9)14(21)16-10-4-2-3-5-11(10)19-7-6-15-12(20)8-19/h2-5H,6-8H2,1H3,(H,15,20)(H,16,21). The van der Waals surface area contributed by atoms with Crippen LogP contribution < -0.4 is 15.5 Å². The van der Waals surface area contributed by atoms with Crippen LogP contribution in [0.15, 0.2) is 24.3 Å². The fourth-order valence-corrected chi connectivity index (χ4v) is 2.87. The molecule has 1 aliphatic rings. The van der Waals surface area contributed by atoms with E-state index in [1.807, 2.05) is 29.2 Å². The van der Waals surface area contributed by atoms with Gasteiger partial charge in [-0.2, -0.15) is 0 Å². The summed E-state index contributed by atoms with van der Waals surface area (Å²) in [6.07, 6.45) is 0. The summed E-state index contributed by atoms with van der Waals surface area (Å²) in [6.45, 7) is 3.34. The second-order valence-electron chi connectivity index (χ2n) is 4.93. The second kappa shape index (κ2) is 6.10. The summed E-state index contributed by atoms with van der Waals surface area (Å²) < 4.78 is 3.77. The molecule has 1 aromatic carbocycles. The topological polar surface area (TPSA) is 87.2 Å². The van der Waals surface area contributed by atoms with E-state index in [0.717, 1.165) is 17.2 Å². The van der Waals surface area contributed by atoms with Gasteiger partial charge in [0.2, 0.25) is 5.91 Å². The lowest BCUT2D eigenvalue weighted by molar-refractivity contribution is -0.120. The maximum atomic E-state index is 12.3. The van der Waals surface area contributed by atoms with Crippen LogP contribution in [0.25, 0.3) is 0 Å². The van der Waals surface area contributed by atoms with E-state index < -0.39 is 0 Å². The van der Waals surface area contributed by atoms with Gasteiger partial charge >= 0.3 is 0 Å². The molecule has 2 amide bonds. The normalized spacial score (nSPS) is 14.6. The predicted octanol–water partition coefficient (Wildman–Crippen LogP) is 1.04. The minimum atomic E-state index is -0.235. The van der Waals surface area contributed by atoms with Crippen LogP contribution in [0.2, 0.25) is 0 Å². The number of para-hydroxylation sites is 2. The lowest BCUT2D eigenvalue weighted by Gasteiger charge is -2.30. The van der Waals surface area contributed by atoms with Crippen molar-refractivity contribution in [2.45, 2.75) is 6.92 Å². The Morgan fingerprint density at radius 2 is 2.23 bits per heavy atom. The van der Waals surface area contributed by atoms with E-state index in [1.165, 1.54) is 0 Å². The van der Waals surface area contributed by atoms with Gasteiger partial charge in [0.1, 0.15) is 4.88 Å². The van der Waals surface area contributed by atoms with Crippen LogP contribution in [0, 0.1) is 6.92 Å².